The lowest BCUT2D eigenvalue weighted by molar-refractivity contribution is -0.144. The Hall–Kier alpha value is -4.02. The van der Waals surface area contributed by atoms with Crippen molar-refractivity contribution in [3.05, 3.63) is 76.1 Å². The number of hydrogen-bond donors (Lipinski definition) is 2. The van der Waals surface area contributed by atoms with Crippen molar-refractivity contribution in [2.75, 3.05) is 51.8 Å². The van der Waals surface area contributed by atoms with Gasteiger partial charge in [0.15, 0.2) is 11.5 Å². The summed E-state index contributed by atoms with van der Waals surface area (Å²) in [5.74, 6) is 2.78. The Bertz CT molecular complexity index is 1900. The molecule has 1 spiro atoms. The minimum Gasteiger partial charge on any atom is -0.493 e. The molecule has 288 valence electrons. The highest BCUT2D eigenvalue weighted by atomic mass is 35.5. The van der Waals surface area contributed by atoms with Crippen molar-refractivity contribution < 1.29 is 28.9 Å². The van der Waals surface area contributed by atoms with E-state index in [1.54, 1.807) is 17.0 Å². The third-order valence-corrected chi connectivity index (χ3v) is 13.3. The van der Waals surface area contributed by atoms with E-state index in [1.165, 1.54) is 28.8 Å². The molecule has 3 aliphatic carbocycles. The average Bonchev–Trinajstić information content (AvgIpc) is 3.42. The van der Waals surface area contributed by atoms with Crippen LogP contribution in [0.25, 0.3) is 0 Å². The predicted molar refractivity (Wildman–Crippen MR) is 208 cm³/mol. The number of carboxylic acids is 1. The highest BCUT2D eigenvalue weighted by molar-refractivity contribution is 6.30. The van der Waals surface area contributed by atoms with Crippen molar-refractivity contribution in [1.29, 1.82) is 0 Å². The van der Waals surface area contributed by atoms with E-state index in [2.05, 4.69) is 41.2 Å². The fourth-order valence-electron chi connectivity index (χ4n) is 10.1. The van der Waals surface area contributed by atoms with Gasteiger partial charge in [0.2, 0.25) is 5.91 Å². The number of rotatable bonds is 10. The van der Waals surface area contributed by atoms with Gasteiger partial charge in [-0.05, 0) is 128 Å². The molecule has 0 bridgehead atoms. The Morgan fingerprint density at radius 2 is 1.98 bits per heavy atom. The molecule has 1 saturated heterocycles. The van der Waals surface area contributed by atoms with E-state index in [0.717, 1.165) is 68.0 Å². The smallest absolute Gasteiger partial charge is 0.329 e. The largest absolute Gasteiger partial charge is 0.493 e. The molecule has 54 heavy (non-hydrogen) atoms. The van der Waals surface area contributed by atoms with Crippen LogP contribution in [0.4, 0.5) is 5.69 Å². The van der Waals surface area contributed by atoms with Crippen LogP contribution in [0.2, 0.25) is 5.02 Å². The number of carbonyl (C=O) groups is 2. The number of aliphatic carboxylic acids is 1. The molecule has 2 N–H and O–H groups in total. The Kier molecular flexibility index (Phi) is 10.2. The Balaban J connectivity index is 1.04. The van der Waals surface area contributed by atoms with Gasteiger partial charge in [0, 0.05) is 54.8 Å². The lowest BCUT2D eigenvalue weighted by Gasteiger charge is -2.47. The maximum absolute atomic E-state index is 13.1. The third-order valence-electron chi connectivity index (χ3n) is 13.1. The standard InChI is InChI=1S/C43H53ClN4O6/c1-27(25-52-36-10-15-45-35-9-4-6-28(2)40(35)36)18-30-19-29-20-37-38(54-33(26-53-37)23-48-17-16-47(3)39(49)24-48)22-34(29)42(30)11-13-43(14-12-42,41(50)51)46-32-8-5-7-31(44)21-32/h5,7-8,10,15,20-22,27-28,30,33,46H,4,6,9,11-14,16-19,23-26H2,1-3H3,(H,50,51)/t27-,28-,30+,33+,42?,43?/m1/s1. The van der Waals surface area contributed by atoms with Crippen LogP contribution in [0.1, 0.15) is 87.1 Å². The monoisotopic (exact) mass is 756 g/mol. The zero-order valence-corrected chi connectivity index (χ0v) is 32.5. The first-order valence-electron chi connectivity index (χ1n) is 19.8. The summed E-state index contributed by atoms with van der Waals surface area (Å²) in [5.41, 5.74) is 4.36. The molecule has 1 amide bonds. The number of nitrogens with one attached hydrogen (secondary N) is 1. The summed E-state index contributed by atoms with van der Waals surface area (Å²) in [6.07, 6.45) is 9.27. The molecule has 10 nitrogen and oxygen atoms in total. The molecule has 2 fully saturated rings. The number of benzene rings is 2. The van der Waals surface area contributed by atoms with Gasteiger partial charge in [-0.15, -0.1) is 0 Å². The highest BCUT2D eigenvalue weighted by Gasteiger charge is 2.54. The van der Waals surface area contributed by atoms with Crippen LogP contribution >= 0.6 is 11.6 Å². The summed E-state index contributed by atoms with van der Waals surface area (Å²) in [4.78, 5) is 34.1. The molecule has 5 aliphatic rings. The van der Waals surface area contributed by atoms with Gasteiger partial charge in [-0.25, -0.2) is 4.79 Å². The maximum Gasteiger partial charge on any atom is 0.329 e. The van der Waals surface area contributed by atoms with Crippen LogP contribution in [0.15, 0.2) is 48.7 Å². The normalized spacial score (nSPS) is 28.3. The molecule has 1 saturated carbocycles. The van der Waals surface area contributed by atoms with Gasteiger partial charge in [-0.2, -0.15) is 0 Å². The minimum atomic E-state index is -1.10. The van der Waals surface area contributed by atoms with Crippen molar-refractivity contribution in [1.82, 2.24) is 14.8 Å². The second kappa shape index (κ2) is 14.9. The van der Waals surface area contributed by atoms with Crippen molar-refractivity contribution in [2.45, 2.75) is 94.6 Å². The van der Waals surface area contributed by atoms with E-state index in [1.807, 2.05) is 31.4 Å². The number of anilines is 1. The summed E-state index contributed by atoms with van der Waals surface area (Å²) in [6, 6.07) is 13.7. The van der Waals surface area contributed by atoms with Crippen LogP contribution in [-0.4, -0.2) is 89.9 Å². The molecule has 1 aromatic heterocycles. The minimum absolute atomic E-state index is 0.123. The Labute approximate surface area is 323 Å². The second-order valence-corrected chi connectivity index (χ2v) is 17.2. The van der Waals surface area contributed by atoms with E-state index in [9.17, 15) is 14.7 Å². The number of aromatic nitrogens is 1. The zero-order valence-electron chi connectivity index (χ0n) is 31.7. The lowest BCUT2D eigenvalue weighted by Crippen LogP contribution is -2.53. The van der Waals surface area contributed by atoms with Crippen molar-refractivity contribution >= 4 is 29.2 Å². The van der Waals surface area contributed by atoms with E-state index < -0.39 is 11.5 Å². The van der Waals surface area contributed by atoms with Gasteiger partial charge >= 0.3 is 5.97 Å². The number of pyridine rings is 1. The number of aryl methyl sites for hydroxylation is 1. The van der Waals surface area contributed by atoms with Gasteiger partial charge in [-0.3, -0.25) is 14.7 Å². The molecule has 0 unspecified atom stereocenters. The van der Waals surface area contributed by atoms with Crippen LogP contribution in [-0.2, 0) is 27.8 Å². The number of amides is 1. The fourth-order valence-corrected chi connectivity index (χ4v) is 10.2. The van der Waals surface area contributed by atoms with Crippen molar-refractivity contribution in [3.8, 4) is 17.2 Å². The van der Waals surface area contributed by atoms with E-state index in [4.69, 9.17) is 25.8 Å². The number of likely N-dealkylation sites (N-methyl/N-ethyl adjacent to an activating group) is 1. The summed E-state index contributed by atoms with van der Waals surface area (Å²) in [5, 5.41) is 14.7. The number of carbonyl (C=O) groups excluding carboxylic acids is 1. The Morgan fingerprint density at radius 3 is 2.76 bits per heavy atom. The molecule has 2 aliphatic heterocycles. The first-order valence-corrected chi connectivity index (χ1v) is 20.2. The second-order valence-electron chi connectivity index (χ2n) is 16.8. The number of carboxylic acid groups (broad SMARTS) is 1. The molecular weight excluding hydrogens is 704 g/mol. The molecule has 8 rings (SSSR count). The number of hydrogen-bond acceptors (Lipinski definition) is 8. The van der Waals surface area contributed by atoms with Crippen LogP contribution in [0.5, 0.6) is 17.2 Å². The summed E-state index contributed by atoms with van der Waals surface area (Å²) < 4.78 is 19.6. The first-order chi connectivity index (χ1) is 26.0. The van der Waals surface area contributed by atoms with Crippen LogP contribution < -0.4 is 19.5 Å². The zero-order chi connectivity index (χ0) is 37.6. The summed E-state index contributed by atoms with van der Waals surface area (Å²) in [6.45, 7) is 8.13. The number of nitrogens with zero attached hydrogens (tertiary/aromatic N) is 3. The fraction of sp³-hybridized carbons (Fsp3) is 0.558. The van der Waals surface area contributed by atoms with Crippen molar-refractivity contribution in [3.63, 3.8) is 0 Å². The predicted octanol–water partition coefficient (Wildman–Crippen LogP) is 7.11. The molecule has 3 aromatic rings. The van der Waals surface area contributed by atoms with Gasteiger partial charge in [0.05, 0.1) is 13.2 Å². The maximum atomic E-state index is 13.1. The van der Waals surface area contributed by atoms with E-state index in [0.29, 0.717) is 62.5 Å². The number of ether oxygens (including phenoxy) is 3. The average molecular weight is 757 g/mol. The van der Waals surface area contributed by atoms with Crippen LogP contribution in [0.3, 0.4) is 0 Å². The van der Waals surface area contributed by atoms with Gasteiger partial charge in [0.25, 0.3) is 0 Å². The van der Waals surface area contributed by atoms with Crippen LogP contribution in [0, 0.1) is 11.8 Å². The van der Waals surface area contributed by atoms with E-state index in [-0.39, 0.29) is 23.3 Å². The van der Waals surface area contributed by atoms with Gasteiger partial charge in [-0.1, -0.05) is 31.5 Å². The molecule has 0 radical (unpaired) electrons. The molecule has 3 heterocycles. The molecule has 11 heteroatoms. The molecule has 4 atom stereocenters. The molecular formula is C43H53ClN4O6. The van der Waals surface area contributed by atoms with Gasteiger partial charge < -0.3 is 29.5 Å². The highest BCUT2D eigenvalue weighted by Crippen LogP contribution is 2.58. The van der Waals surface area contributed by atoms with E-state index >= 15 is 0 Å². The summed E-state index contributed by atoms with van der Waals surface area (Å²) >= 11 is 6.31. The first kappa shape index (κ1) is 36.9. The van der Waals surface area contributed by atoms with Gasteiger partial charge in [0.1, 0.15) is 24.0 Å². The SMILES string of the molecule is C[C@@H](COc1ccnc2c1[C@H](C)CCC2)C[C@H]1Cc2cc3c(cc2C12CCC(Nc1cccc(Cl)c1)(C(=O)O)CC2)O[C@@H](CN1CCN(C)C(=O)C1)CO3. The quantitative estimate of drug-likeness (QED) is 0.224. The number of piperazine rings is 1. The number of halogens is 1. The third kappa shape index (κ3) is 7.12. The Morgan fingerprint density at radius 1 is 1.15 bits per heavy atom. The molecule has 2 aromatic carbocycles. The lowest BCUT2D eigenvalue weighted by atomic mass is 9.59. The topological polar surface area (TPSA) is 113 Å². The van der Waals surface area contributed by atoms with Crippen molar-refractivity contribution in [2.24, 2.45) is 11.8 Å². The summed E-state index contributed by atoms with van der Waals surface area (Å²) in [7, 11) is 1.85. The number of fused-ring (bicyclic) bond motifs is 4.